The Morgan fingerprint density at radius 1 is 1.47 bits per heavy atom. The third kappa shape index (κ3) is 2.65. The smallest absolute Gasteiger partial charge is 0.162 e. The molecule has 0 unspecified atom stereocenters. The summed E-state index contributed by atoms with van der Waals surface area (Å²) in [5, 5.41) is 22.9. The van der Waals surface area contributed by atoms with Crippen LogP contribution in [0.1, 0.15) is 18.4 Å². The van der Waals surface area contributed by atoms with E-state index in [1.165, 1.54) is 7.11 Å². The summed E-state index contributed by atoms with van der Waals surface area (Å²) in [5.41, 5.74) is 0.510. The Kier molecular flexibility index (Phi) is 3.47. The maximum Gasteiger partial charge on any atom is 0.162 e. The molecule has 0 aromatic heterocycles. The molecule has 1 aromatic rings. The van der Waals surface area contributed by atoms with Gasteiger partial charge in [0.15, 0.2) is 11.5 Å². The molecule has 4 nitrogen and oxygen atoms in total. The molecular formula is C12H16ClNO3. The van der Waals surface area contributed by atoms with Crippen LogP contribution in [-0.2, 0) is 6.54 Å². The maximum absolute atomic E-state index is 9.92. The van der Waals surface area contributed by atoms with Gasteiger partial charge in [-0.15, -0.1) is 0 Å². The third-order valence-corrected chi connectivity index (χ3v) is 3.37. The van der Waals surface area contributed by atoms with Crippen LogP contribution in [0.15, 0.2) is 12.1 Å². The van der Waals surface area contributed by atoms with Crippen LogP contribution in [0.4, 0.5) is 0 Å². The molecule has 0 atom stereocenters. The molecule has 1 aromatic carbocycles. The molecule has 1 aliphatic rings. The monoisotopic (exact) mass is 257 g/mol. The number of rotatable bonds is 5. The number of phenolic OH excluding ortho intramolecular Hbond substituents is 1. The van der Waals surface area contributed by atoms with E-state index < -0.39 is 0 Å². The van der Waals surface area contributed by atoms with E-state index in [4.69, 9.17) is 16.3 Å². The van der Waals surface area contributed by atoms with Gasteiger partial charge in [-0.2, -0.15) is 0 Å². The van der Waals surface area contributed by atoms with Gasteiger partial charge in [0.25, 0.3) is 0 Å². The second-order valence-corrected chi connectivity index (χ2v) is 4.84. The number of ether oxygens (including phenoxy) is 1. The molecule has 0 aliphatic heterocycles. The lowest BCUT2D eigenvalue weighted by molar-refractivity contribution is 0.229. The second-order valence-electron chi connectivity index (χ2n) is 4.41. The minimum atomic E-state index is -0.165. The van der Waals surface area contributed by atoms with E-state index in [2.05, 4.69) is 5.32 Å². The fraction of sp³-hybridized carbons (Fsp3) is 0.500. The Morgan fingerprint density at radius 2 is 2.18 bits per heavy atom. The summed E-state index contributed by atoms with van der Waals surface area (Å²) in [6.07, 6.45) is 1.92. The van der Waals surface area contributed by atoms with Gasteiger partial charge in [-0.25, -0.2) is 0 Å². The van der Waals surface area contributed by atoms with Crippen molar-refractivity contribution in [2.75, 3.05) is 13.7 Å². The van der Waals surface area contributed by atoms with Crippen molar-refractivity contribution in [3.05, 3.63) is 22.7 Å². The number of aromatic hydroxyl groups is 1. The van der Waals surface area contributed by atoms with Gasteiger partial charge in [-0.1, -0.05) is 11.6 Å². The predicted octanol–water partition coefficient (Wildman–Crippen LogP) is 1.67. The topological polar surface area (TPSA) is 61.7 Å². The second kappa shape index (κ2) is 4.72. The maximum atomic E-state index is 9.92. The van der Waals surface area contributed by atoms with E-state index in [1.54, 1.807) is 12.1 Å². The summed E-state index contributed by atoms with van der Waals surface area (Å²) >= 11 is 5.93. The summed E-state index contributed by atoms with van der Waals surface area (Å²) in [7, 11) is 1.48. The van der Waals surface area contributed by atoms with Crippen molar-refractivity contribution in [2.24, 2.45) is 0 Å². The van der Waals surface area contributed by atoms with Crippen LogP contribution < -0.4 is 10.1 Å². The van der Waals surface area contributed by atoms with Crippen LogP contribution in [0.5, 0.6) is 11.5 Å². The number of hydrogen-bond donors (Lipinski definition) is 3. The van der Waals surface area contributed by atoms with Crippen molar-refractivity contribution < 1.29 is 14.9 Å². The number of methoxy groups -OCH3 is 1. The molecule has 1 aliphatic carbocycles. The zero-order valence-electron chi connectivity index (χ0n) is 9.66. The van der Waals surface area contributed by atoms with Gasteiger partial charge in [-0.05, 0) is 18.9 Å². The normalized spacial score (nSPS) is 16.9. The van der Waals surface area contributed by atoms with Gasteiger partial charge in [0.05, 0.1) is 13.7 Å². The van der Waals surface area contributed by atoms with Crippen LogP contribution in [0.3, 0.4) is 0 Å². The lowest BCUT2D eigenvalue weighted by Gasteiger charge is -2.16. The number of hydrogen-bond acceptors (Lipinski definition) is 4. The molecular weight excluding hydrogens is 242 g/mol. The molecule has 2 rings (SSSR count). The number of aliphatic hydroxyl groups is 1. The molecule has 0 heterocycles. The first-order chi connectivity index (χ1) is 8.10. The minimum absolute atomic E-state index is 0.0955. The summed E-state index contributed by atoms with van der Waals surface area (Å²) in [6.45, 7) is 0.578. The molecule has 17 heavy (non-hydrogen) atoms. The van der Waals surface area contributed by atoms with E-state index >= 15 is 0 Å². The predicted molar refractivity (Wildman–Crippen MR) is 65.6 cm³/mol. The summed E-state index contributed by atoms with van der Waals surface area (Å²) in [5.74, 6) is 0.460. The Morgan fingerprint density at radius 3 is 2.71 bits per heavy atom. The zero-order valence-corrected chi connectivity index (χ0v) is 10.4. The highest BCUT2D eigenvalue weighted by molar-refractivity contribution is 6.30. The summed E-state index contributed by atoms with van der Waals surface area (Å²) in [4.78, 5) is 0. The number of nitrogens with one attached hydrogen (secondary N) is 1. The molecule has 0 bridgehead atoms. The van der Waals surface area contributed by atoms with Crippen molar-refractivity contribution in [3.63, 3.8) is 0 Å². The van der Waals surface area contributed by atoms with Crippen molar-refractivity contribution in [1.82, 2.24) is 5.32 Å². The quantitative estimate of drug-likeness (QED) is 0.751. The number of aliphatic hydroxyl groups excluding tert-OH is 1. The highest BCUT2D eigenvalue weighted by Gasteiger charge is 2.41. The van der Waals surface area contributed by atoms with Crippen LogP contribution in [-0.4, -0.2) is 29.5 Å². The van der Waals surface area contributed by atoms with Crippen molar-refractivity contribution in [1.29, 1.82) is 0 Å². The van der Waals surface area contributed by atoms with Crippen molar-refractivity contribution >= 4 is 11.6 Å². The molecule has 3 N–H and O–H groups in total. The third-order valence-electron chi connectivity index (χ3n) is 3.15. The lowest BCUT2D eigenvalue weighted by Crippen LogP contribution is -2.34. The summed E-state index contributed by atoms with van der Waals surface area (Å²) in [6, 6.07) is 3.26. The van der Waals surface area contributed by atoms with E-state index in [9.17, 15) is 10.2 Å². The van der Waals surface area contributed by atoms with Crippen LogP contribution in [0.2, 0.25) is 5.02 Å². The Hall–Kier alpha value is -0.970. The average molecular weight is 258 g/mol. The Balaban J connectivity index is 2.12. The van der Waals surface area contributed by atoms with E-state index in [0.717, 1.165) is 12.8 Å². The van der Waals surface area contributed by atoms with Gasteiger partial charge < -0.3 is 20.3 Å². The first-order valence-electron chi connectivity index (χ1n) is 5.51. The van der Waals surface area contributed by atoms with Crippen LogP contribution in [0, 0.1) is 0 Å². The van der Waals surface area contributed by atoms with Crippen LogP contribution in [0.25, 0.3) is 0 Å². The first-order valence-corrected chi connectivity index (χ1v) is 5.89. The standard InChI is InChI=1S/C12H16ClNO3/c1-17-10-5-9(13)4-8(11(10)16)6-14-12(7-15)2-3-12/h4-5,14-16H,2-3,6-7H2,1H3. The highest BCUT2D eigenvalue weighted by atomic mass is 35.5. The number of phenols is 1. The molecule has 1 saturated carbocycles. The molecule has 0 amide bonds. The molecule has 94 valence electrons. The van der Waals surface area contributed by atoms with Gasteiger partial charge in [-0.3, -0.25) is 0 Å². The Labute approximate surface area is 105 Å². The molecule has 0 spiro atoms. The fourth-order valence-electron chi connectivity index (χ4n) is 1.74. The SMILES string of the molecule is COc1cc(Cl)cc(CNC2(CO)CC2)c1O. The van der Waals surface area contributed by atoms with Crippen molar-refractivity contribution in [3.8, 4) is 11.5 Å². The summed E-state index contributed by atoms with van der Waals surface area (Å²) < 4.78 is 5.03. The van der Waals surface area contributed by atoms with Crippen molar-refractivity contribution in [2.45, 2.75) is 24.9 Å². The van der Waals surface area contributed by atoms with E-state index in [1.807, 2.05) is 0 Å². The molecule has 0 saturated heterocycles. The molecule has 1 fully saturated rings. The van der Waals surface area contributed by atoms with Gasteiger partial charge >= 0.3 is 0 Å². The zero-order chi connectivity index (χ0) is 12.5. The number of halogens is 1. The van der Waals surface area contributed by atoms with Gasteiger partial charge in [0.1, 0.15) is 0 Å². The van der Waals surface area contributed by atoms with E-state index in [0.29, 0.717) is 22.9 Å². The lowest BCUT2D eigenvalue weighted by atomic mass is 10.1. The highest BCUT2D eigenvalue weighted by Crippen LogP contribution is 2.37. The van der Waals surface area contributed by atoms with Gasteiger partial charge in [0, 0.05) is 28.7 Å². The van der Waals surface area contributed by atoms with Gasteiger partial charge in [0.2, 0.25) is 0 Å². The first kappa shape index (κ1) is 12.5. The Bertz CT molecular complexity index is 418. The molecule has 5 heteroatoms. The molecule has 0 radical (unpaired) electrons. The fourth-order valence-corrected chi connectivity index (χ4v) is 1.97. The van der Waals surface area contributed by atoms with Crippen LogP contribution >= 0.6 is 11.6 Å². The average Bonchev–Trinajstić information content (AvgIpc) is 3.10. The largest absolute Gasteiger partial charge is 0.504 e. The number of benzene rings is 1. The van der Waals surface area contributed by atoms with E-state index in [-0.39, 0.29) is 17.9 Å². The minimum Gasteiger partial charge on any atom is -0.504 e.